The summed E-state index contributed by atoms with van der Waals surface area (Å²) in [7, 11) is 0. The summed E-state index contributed by atoms with van der Waals surface area (Å²) in [4.78, 5) is 32.3. The largest absolute Gasteiger partial charge is 0.288 e. The number of hydrogen-bond donors (Lipinski definition) is 0. The number of carbonyl (C=O) groups is 2. The van der Waals surface area contributed by atoms with E-state index >= 15 is 0 Å². The lowest BCUT2D eigenvalue weighted by Gasteiger charge is -2.17. The third-order valence-electron chi connectivity index (χ3n) is 4.59. The summed E-state index contributed by atoms with van der Waals surface area (Å²) < 4.78 is 0. The molecule has 1 aromatic heterocycles. The number of Topliss-reactive ketones (excluding diaryl/α,β-unsaturated/α-hetero) is 1. The molecule has 4 nitrogen and oxygen atoms in total. The SMILES string of the molecule is Cc1ccc(N2C(=O)C(c3ccccc3)=C(C(=O)c3cccnc3)C2=S)cc1. The maximum absolute atomic E-state index is 13.4. The Balaban J connectivity index is 1.88. The van der Waals surface area contributed by atoms with Crippen molar-refractivity contribution in [3.63, 3.8) is 0 Å². The molecule has 1 aliphatic rings. The van der Waals surface area contributed by atoms with Crippen LogP contribution in [-0.2, 0) is 4.79 Å². The normalized spacial score (nSPS) is 14.0. The van der Waals surface area contributed by atoms with Crippen LogP contribution in [0.3, 0.4) is 0 Å². The van der Waals surface area contributed by atoms with Crippen molar-refractivity contribution in [1.82, 2.24) is 4.98 Å². The summed E-state index contributed by atoms with van der Waals surface area (Å²) in [6.07, 6.45) is 3.08. The average Bonchev–Trinajstić information content (AvgIpc) is 2.99. The number of hydrogen-bond acceptors (Lipinski definition) is 4. The zero-order chi connectivity index (χ0) is 19.7. The molecular formula is C23H16N2O2S. The van der Waals surface area contributed by atoms with Gasteiger partial charge in [-0.3, -0.25) is 19.5 Å². The number of rotatable bonds is 4. The average molecular weight is 384 g/mol. The molecule has 1 aliphatic heterocycles. The van der Waals surface area contributed by atoms with E-state index in [1.54, 1.807) is 18.3 Å². The smallest absolute Gasteiger partial charge is 0.264 e. The van der Waals surface area contributed by atoms with Crippen LogP contribution in [0.25, 0.3) is 5.57 Å². The number of pyridine rings is 1. The Hall–Kier alpha value is -3.44. The van der Waals surface area contributed by atoms with E-state index in [1.807, 2.05) is 61.5 Å². The molecule has 0 N–H and O–H groups in total. The monoisotopic (exact) mass is 384 g/mol. The van der Waals surface area contributed by atoms with Crippen LogP contribution in [0.1, 0.15) is 21.5 Å². The fraction of sp³-hybridized carbons (Fsp3) is 0.0435. The Morgan fingerprint density at radius 3 is 2.32 bits per heavy atom. The summed E-state index contributed by atoms with van der Waals surface area (Å²) in [5.74, 6) is -0.604. The van der Waals surface area contributed by atoms with Crippen molar-refractivity contribution in [2.24, 2.45) is 0 Å². The van der Waals surface area contributed by atoms with Crippen molar-refractivity contribution < 1.29 is 9.59 Å². The predicted octanol–water partition coefficient (Wildman–Crippen LogP) is 4.40. The van der Waals surface area contributed by atoms with Gasteiger partial charge in [-0.1, -0.05) is 60.2 Å². The van der Waals surface area contributed by atoms with Gasteiger partial charge in [0.2, 0.25) is 0 Å². The summed E-state index contributed by atoms with van der Waals surface area (Å²) >= 11 is 5.61. The molecule has 0 saturated heterocycles. The molecule has 0 radical (unpaired) electrons. The number of aryl methyl sites for hydroxylation is 1. The Labute approximate surface area is 168 Å². The quantitative estimate of drug-likeness (QED) is 0.494. The first kappa shape index (κ1) is 17.9. The minimum Gasteiger partial charge on any atom is -0.288 e. The molecule has 0 aliphatic carbocycles. The highest BCUT2D eigenvalue weighted by atomic mass is 32.1. The van der Waals surface area contributed by atoms with E-state index < -0.39 is 0 Å². The van der Waals surface area contributed by atoms with Gasteiger partial charge >= 0.3 is 0 Å². The van der Waals surface area contributed by atoms with Gasteiger partial charge in [-0.25, -0.2) is 0 Å². The van der Waals surface area contributed by atoms with Crippen LogP contribution in [0, 0.1) is 6.92 Å². The Kier molecular flexibility index (Phi) is 4.67. The van der Waals surface area contributed by atoms with E-state index in [0.29, 0.717) is 22.4 Å². The zero-order valence-corrected chi connectivity index (χ0v) is 15.9. The van der Waals surface area contributed by atoms with E-state index in [-0.39, 0.29) is 22.3 Å². The Morgan fingerprint density at radius 1 is 0.964 bits per heavy atom. The van der Waals surface area contributed by atoms with E-state index in [2.05, 4.69) is 4.98 Å². The van der Waals surface area contributed by atoms with Gasteiger partial charge in [-0.05, 0) is 36.8 Å². The molecule has 2 heterocycles. The van der Waals surface area contributed by atoms with Gasteiger partial charge in [-0.15, -0.1) is 0 Å². The maximum atomic E-state index is 13.4. The van der Waals surface area contributed by atoms with Crippen LogP contribution >= 0.6 is 12.2 Å². The summed E-state index contributed by atoms with van der Waals surface area (Å²) in [6.45, 7) is 1.97. The molecule has 0 unspecified atom stereocenters. The van der Waals surface area contributed by atoms with Gasteiger partial charge in [0.25, 0.3) is 5.91 Å². The first-order valence-corrected chi connectivity index (χ1v) is 9.18. The number of ketones is 1. The molecule has 0 saturated carbocycles. The standard InChI is InChI=1S/C23H16N2O2S/c1-15-9-11-18(12-10-15)25-22(27)19(16-6-3-2-4-7-16)20(23(25)28)21(26)17-8-5-13-24-14-17/h2-14H,1H3. The van der Waals surface area contributed by atoms with Gasteiger partial charge in [0.1, 0.15) is 4.99 Å². The number of benzene rings is 2. The molecule has 136 valence electrons. The van der Waals surface area contributed by atoms with E-state index in [1.165, 1.54) is 11.1 Å². The lowest BCUT2D eigenvalue weighted by atomic mass is 9.96. The van der Waals surface area contributed by atoms with Gasteiger partial charge in [-0.2, -0.15) is 0 Å². The number of amides is 1. The van der Waals surface area contributed by atoms with Crippen LogP contribution in [0.5, 0.6) is 0 Å². The minimum absolute atomic E-state index is 0.210. The van der Waals surface area contributed by atoms with E-state index in [9.17, 15) is 9.59 Å². The molecule has 4 rings (SSSR count). The van der Waals surface area contributed by atoms with Crippen LogP contribution in [0.15, 0.2) is 84.7 Å². The molecule has 0 spiro atoms. The van der Waals surface area contributed by atoms with Crippen LogP contribution in [-0.4, -0.2) is 21.7 Å². The van der Waals surface area contributed by atoms with E-state index in [0.717, 1.165) is 5.56 Å². The van der Waals surface area contributed by atoms with Crippen molar-refractivity contribution in [3.8, 4) is 0 Å². The Bertz CT molecular complexity index is 1100. The zero-order valence-electron chi connectivity index (χ0n) is 15.1. The van der Waals surface area contributed by atoms with Crippen LogP contribution < -0.4 is 4.90 Å². The third-order valence-corrected chi connectivity index (χ3v) is 4.98. The van der Waals surface area contributed by atoms with Crippen molar-refractivity contribution in [2.45, 2.75) is 6.92 Å². The van der Waals surface area contributed by atoms with Crippen molar-refractivity contribution in [3.05, 3.63) is 101 Å². The lowest BCUT2D eigenvalue weighted by molar-refractivity contribution is -0.112. The molecule has 0 bridgehead atoms. The number of nitrogens with zero attached hydrogens (tertiary/aromatic N) is 2. The highest BCUT2D eigenvalue weighted by Crippen LogP contribution is 2.35. The van der Waals surface area contributed by atoms with Crippen molar-refractivity contribution >= 4 is 40.2 Å². The summed E-state index contributed by atoms with van der Waals surface area (Å²) in [5, 5.41) is 0. The number of anilines is 1. The first-order valence-electron chi connectivity index (χ1n) is 8.78. The lowest BCUT2D eigenvalue weighted by Crippen LogP contribution is -2.31. The van der Waals surface area contributed by atoms with Gasteiger partial charge in [0.05, 0.1) is 16.8 Å². The molecule has 28 heavy (non-hydrogen) atoms. The second-order valence-electron chi connectivity index (χ2n) is 6.47. The van der Waals surface area contributed by atoms with Crippen LogP contribution in [0.4, 0.5) is 5.69 Å². The topological polar surface area (TPSA) is 50.3 Å². The molecule has 2 aromatic carbocycles. The molecule has 3 aromatic rings. The molecule has 5 heteroatoms. The number of carbonyl (C=O) groups excluding carboxylic acids is 2. The van der Waals surface area contributed by atoms with Crippen molar-refractivity contribution in [1.29, 1.82) is 0 Å². The van der Waals surface area contributed by atoms with E-state index in [4.69, 9.17) is 12.2 Å². The van der Waals surface area contributed by atoms with Gasteiger partial charge < -0.3 is 0 Å². The maximum Gasteiger partial charge on any atom is 0.264 e. The van der Waals surface area contributed by atoms with Crippen molar-refractivity contribution in [2.75, 3.05) is 4.90 Å². The Morgan fingerprint density at radius 2 is 1.68 bits per heavy atom. The van der Waals surface area contributed by atoms with Gasteiger partial charge in [0.15, 0.2) is 5.78 Å². The highest BCUT2D eigenvalue weighted by molar-refractivity contribution is 7.81. The number of thiocarbonyl (C=S) groups is 1. The van der Waals surface area contributed by atoms with Crippen LogP contribution in [0.2, 0.25) is 0 Å². The molecule has 0 fully saturated rings. The predicted molar refractivity (Wildman–Crippen MR) is 113 cm³/mol. The molecule has 0 atom stereocenters. The molecule has 1 amide bonds. The third kappa shape index (κ3) is 3.06. The highest BCUT2D eigenvalue weighted by Gasteiger charge is 2.40. The fourth-order valence-corrected chi connectivity index (χ4v) is 3.57. The first-order chi connectivity index (χ1) is 13.6. The second-order valence-corrected chi connectivity index (χ2v) is 6.85. The van der Waals surface area contributed by atoms with Gasteiger partial charge in [0, 0.05) is 18.0 Å². The summed E-state index contributed by atoms with van der Waals surface area (Å²) in [5.41, 5.74) is 3.33. The number of aromatic nitrogens is 1. The summed E-state index contributed by atoms with van der Waals surface area (Å²) in [6, 6.07) is 20.0. The minimum atomic E-state index is -0.306. The molecular weight excluding hydrogens is 368 g/mol. The fourth-order valence-electron chi connectivity index (χ4n) is 3.18. The second kappa shape index (κ2) is 7.29.